The molecule has 3 heterocycles. The molecule has 0 amide bonds. The zero-order valence-electron chi connectivity index (χ0n) is 9.74. The normalized spacial score (nSPS) is 10.5. The lowest BCUT2D eigenvalue weighted by molar-refractivity contribution is 0.413. The molecule has 0 aromatic carbocycles. The first-order chi connectivity index (χ1) is 8.86. The summed E-state index contributed by atoms with van der Waals surface area (Å²) >= 11 is 0. The summed E-state index contributed by atoms with van der Waals surface area (Å²) in [5.41, 5.74) is 1.36. The van der Waals surface area contributed by atoms with E-state index >= 15 is 0 Å². The Balaban J connectivity index is 2.07. The third-order valence-electron chi connectivity index (χ3n) is 2.56. The minimum Gasteiger partial charge on any atom is -0.495 e. The molecule has 5 heteroatoms. The molecule has 0 aliphatic rings. The highest BCUT2D eigenvalue weighted by atomic mass is 16.5. The van der Waals surface area contributed by atoms with Crippen LogP contribution in [0.15, 0.2) is 42.9 Å². The molecule has 0 atom stereocenters. The predicted octanol–water partition coefficient (Wildman–Crippen LogP) is 2.10. The summed E-state index contributed by atoms with van der Waals surface area (Å²) in [5, 5.41) is 0.912. The second kappa shape index (κ2) is 4.37. The van der Waals surface area contributed by atoms with Gasteiger partial charge in [-0.15, -0.1) is 0 Å². The lowest BCUT2D eigenvalue weighted by Gasteiger charge is -2.02. The quantitative estimate of drug-likeness (QED) is 0.684. The first-order valence-electron chi connectivity index (χ1n) is 5.45. The number of fused-ring (bicyclic) bond motifs is 1. The van der Waals surface area contributed by atoms with Crippen molar-refractivity contribution in [2.45, 2.75) is 0 Å². The van der Waals surface area contributed by atoms with E-state index in [1.165, 1.54) is 0 Å². The Morgan fingerprint density at radius 1 is 1.00 bits per heavy atom. The van der Waals surface area contributed by atoms with Crippen LogP contribution >= 0.6 is 0 Å². The topological polar surface area (TPSA) is 60.8 Å². The average Bonchev–Trinajstić information content (AvgIpc) is 2.47. The Morgan fingerprint density at radius 2 is 1.94 bits per heavy atom. The summed E-state index contributed by atoms with van der Waals surface area (Å²) in [5.74, 6) is 1.27. The van der Waals surface area contributed by atoms with E-state index in [2.05, 4.69) is 19.9 Å². The molecule has 3 rings (SSSR count). The monoisotopic (exact) mass is 238 g/mol. The van der Waals surface area contributed by atoms with E-state index in [1.54, 1.807) is 25.7 Å². The molecule has 0 aliphatic heterocycles. The molecule has 0 N–H and O–H groups in total. The molecule has 0 saturated heterocycles. The fourth-order valence-electron chi connectivity index (χ4n) is 1.62. The molecule has 0 spiro atoms. The molecule has 0 radical (unpaired) electrons. The Bertz CT molecular complexity index is 682. The van der Waals surface area contributed by atoms with Gasteiger partial charge in [-0.3, -0.25) is 0 Å². The number of hydrogen-bond acceptors (Lipinski definition) is 5. The molecule has 5 nitrogen and oxygen atoms in total. The SMILES string of the molecule is COc1ccc(-c2ncc3cccnc3n2)nc1. The summed E-state index contributed by atoms with van der Waals surface area (Å²) in [4.78, 5) is 17.1. The van der Waals surface area contributed by atoms with Gasteiger partial charge in [0, 0.05) is 17.8 Å². The molecule has 0 fully saturated rings. The number of nitrogens with zero attached hydrogens (tertiary/aromatic N) is 4. The van der Waals surface area contributed by atoms with Crippen molar-refractivity contribution in [1.29, 1.82) is 0 Å². The van der Waals surface area contributed by atoms with Gasteiger partial charge >= 0.3 is 0 Å². The second-order valence-corrected chi connectivity index (χ2v) is 3.69. The Hall–Kier alpha value is -2.56. The lowest BCUT2D eigenvalue weighted by Crippen LogP contribution is -1.94. The van der Waals surface area contributed by atoms with Gasteiger partial charge < -0.3 is 4.74 Å². The summed E-state index contributed by atoms with van der Waals surface area (Å²) in [7, 11) is 1.60. The number of rotatable bonds is 2. The van der Waals surface area contributed by atoms with E-state index in [-0.39, 0.29) is 0 Å². The van der Waals surface area contributed by atoms with Crippen molar-refractivity contribution >= 4 is 11.0 Å². The van der Waals surface area contributed by atoms with Crippen LogP contribution in [-0.2, 0) is 0 Å². The van der Waals surface area contributed by atoms with Crippen LogP contribution in [0.25, 0.3) is 22.6 Å². The standard InChI is InChI=1S/C13H10N4O/c1-18-10-4-5-11(15-8-10)13-16-7-9-3-2-6-14-12(9)17-13/h2-8H,1H3. The molecule has 18 heavy (non-hydrogen) atoms. The maximum absolute atomic E-state index is 5.06. The van der Waals surface area contributed by atoms with Crippen LogP contribution in [0.1, 0.15) is 0 Å². The average molecular weight is 238 g/mol. The predicted molar refractivity (Wildman–Crippen MR) is 67.1 cm³/mol. The van der Waals surface area contributed by atoms with Crippen LogP contribution in [0, 0.1) is 0 Å². The maximum atomic E-state index is 5.06. The van der Waals surface area contributed by atoms with E-state index in [0.29, 0.717) is 22.9 Å². The largest absolute Gasteiger partial charge is 0.495 e. The summed E-state index contributed by atoms with van der Waals surface area (Å²) < 4.78 is 5.06. The Morgan fingerprint density at radius 3 is 2.72 bits per heavy atom. The second-order valence-electron chi connectivity index (χ2n) is 3.69. The highest BCUT2D eigenvalue weighted by molar-refractivity contribution is 5.74. The van der Waals surface area contributed by atoms with Crippen molar-refractivity contribution in [2.75, 3.05) is 7.11 Å². The summed E-state index contributed by atoms with van der Waals surface area (Å²) in [6.07, 6.45) is 5.10. The number of pyridine rings is 2. The zero-order chi connectivity index (χ0) is 12.4. The van der Waals surface area contributed by atoms with Gasteiger partial charge in [0.1, 0.15) is 11.4 Å². The van der Waals surface area contributed by atoms with Crippen molar-refractivity contribution in [3.63, 3.8) is 0 Å². The number of hydrogen-bond donors (Lipinski definition) is 0. The van der Waals surface area contributed by atoms with Crippen LogP contribution in [0.4, 0.5) is 0 Å². The highest BCUT2D eigenvalue weighted by Crippen LogP contribution is 2.17. The molecule has 0 saturated carbocycles. The van der Waals surface area contributed by atoms with Crippen LogP contribution < -0.4 is 4.74 Å². The van der Waals surface area contributed by atoms with Crippen molar-refractivity contribution in [3.05, 3.63) is 42.9 Å². The van der Waals surface area contributed by atoms with E-state index in [4.69, 9.17) is 4.74 Å². The van der Waals surface area contributed by atoms with E-state index in [1.807, 2.05) is 24.3 Å². The number of ether oxygens (including phenoxy) is 1. The van der Waals surface area contributed by atoms with Gasteiger partial charge in [-0.25, -0.2) is 19.9 Å². The maximum Gasteiger partial charge on any atom is 0.180 e. The number of methoxy groups -OCH3 is 1. The van der Waals surface area contributed by atoms with Crippen molar-refractivity contribution in [1.82, 2.24) is 19.9 Å². The molecule has 88 valence electrons. The minimum atomic E-state index is 0.559. The third kappa shape index (κ3) is 1.86. The lowest BCUT2D eigenvalue weighted by atomic mass is 10.3. The first kappa shape index (κ1) is 10.6. The Labute approximate surface area is 104 Å². The molecule has 0 bridgehead atoms. The first-order valence-corrected chi connectivity index (χ1v) is 5.45. The summed E-state index contributed by atoms with van der Waals surface area (Å²) in [6.45, 7) is 0. The van der Waals surface area contributed by atoms with Crippen LogP contribution in [0.5, 0.6) is 5.75 Å². The van der Waals surface area contributed by atoms with Gasteiger partial charge in [-0.2, -0.15) is 0 Å². The molecule has 0 aliphatic carbocycles. The fraction of sp³-hybridized carbons (Fsp3) is 0.0769. The molecular weight excluding hydrogens is 228 g/mol. The molecular formula is C13H10N4O. The van der Waals surface area contributed by atoms with E-state index in [9.17, 15) is 0 Å². The third-order valence-corrected chi connectivity index (χ3v) is 2.56. The smallest absolute Gasteiger partial charge is 0.180 e. The van der Waals surface area contributed by atoms with Gasteiger partial charge in [0.25, 0.3) is 0 Å². The van der Waals surface area contributed by atoms with Gasteiger partial charge in [0.15, 0.2) is 11.5 Å². The molecule has 3 aromatic heterocycles. The van der Waals surface area contributed by atoms with Gasteiger partial charge in [-0.05, 0) is 24.3 Å². The van der Waals surface area contributed by atoms with Gasteiger partial charge in [0.2, 0.25) is 0 Å². The van der Waals surface area contributed by atoms with Crippen LogP contribution in [0.3, 0.4) is 0 Å². The Kier molecular flexibility index (Phi) is 2.57. The van der Waals surface area contributed by atoms with Crippen molar-refractivity contribution in [3.8, 4) is 17.3 Å². The summed E-state index contributed by atoms with van der Waals surface area (Å²) in [6, 6.07) is 7.43. The van der Waals surface area contributed by atoms with Gasteiger partial charge in [-0.1, -0.05) is 0 Å². The van der Waals surface area contributed by atoms with E-state index in [0.717, 1.165) is 5.39 Å². The van der Waals surface area contributed by atoms with Crippen LogP contribution in [0.2, 0.25) is 0 Å². The van der Waals surface area contributed by atoms with E-state index < -0.39 is 0 Å². The van der Waals surface area contributed by atoms with Gasteiger partial charge in [0.05, 0.1) is 13.3 Å². The van der Waals surface area contributed by atoms with Crippen molar-refractivity contribution in [2.24, 2.45) is 0 Å². The molecule has 3 aromatic rings. The highest BCUT2D eigenvalue weighted by Gasteiger charge is 2.05. The fourth-order valence-corrected chi connectivity index (χ4v) is 1.62. The van der Waals surface area contributed by atoms with Crippen molar-refractivity contribution < 1.29 is 4.74 Å². The number of aromatic nitrogens is 4. The van der Waals surface area contributed by atoms with Crippen LogP contribution in [-0.4, -0.2) is 27.0 Å². The zero-order valence-corrected chi connectivity index (χ0v) is 9.74. The minimum absolute atomic E-state index is 0.559. The molecule has 0 unspecified atom stereocenters.